The van der Waals surface area contributed by atoms with Gasteiger partial charge in [0, 0.05) is 5.41 Å². The minimum atomic E-state index is -1.40. The van der Waals surface area contributed by atoms with Crippen molar-refractivity contribution < 1.29 is 24.5 Å². The third kappa shape index (κ3) is 5.53. The zero-order chi connectivity index (χ0) is 15.9. The Balaban J connectivity index is 2.34. The van der Waals surface area contributed by atoms with Crippen molar-refractivity contribution in [3.63, 3.8) is 0 Å². The molecular weight excluding hydrogens is 274 g/mol. The molecule has 1 atom stereocenters. The van der Waals surface area contributed by atoms with E-state index in [1.54, 1.807) is 13.8 Å². The van der Waals surface area contributed by atoms with Gasteiger partial charge < -0.3 is 20.3 Å². The lowest BCUT2D eigenvalue weighted by Crippen LogP contribution is -2.46. The summed E-state index contributed by atoms with van der Waals surface area (Å²) in [6.45, 7) is 2.54. The minimum absolute atomic E-state index is 0.125. The van der Waals surface area contributed by atoms with Crippen LogP contribution in [-0.2, 0) is 20.9 Å². The molecule has 0 radical (unpaired) electrons. The van der Waals surface area contributed by atoms with Crippen LogP contribution >= 0.6 is 0 Å². The van der Waals surface area contributed by atoms with Crippen LogP contribution in [0.5, 0.6) is 0 Å². The number of hydrogen-bond acceptors (Lipinski definition) is 5. The van der Waals surface area contributed by atoms with Crippen molar-refractivity contribution in [2.24, 2.45) is 5.41 Å². The molecule has 0 aromatic heterocycles. The highest BCUT2D eigenvalue weighted by Gasteiger charge is 2.33. The second-order valence-electron chi connectivity index (χ2n) is 5.41. The first-order valence-corrected chi connectivity index (χ1v) is 6.63. The lowest BCUT2D eigenvalue weighted by Gasteiger charge is -2.26. The molecule has 6 heteroatoms. The number of carbonyl (C=O) groups excluding carboxylic acids is 2. The fraction of sp³-hybridized carbons (Fsp3) is 0.467. The summed E-state index contributed by atoms with van der Waals surface area (Å²) in [5.74, 6) is -1.31. The Morgan fingerprint density at radius 2 is 1.90 bits per heavy atom. The van der Waals surface area contributed by atoms with Crippen LogP contribution in [0.15, 0.2) is 30.3 Å². The van der Waals surface area contributed by atoms with Gasteiger partial charge in [-0.1, -0.05) is 44.2 Å². The van der Waals surface area contributed by atoms with Gasteiger partial charge in [0.15, 0.2) is 0 Å². The van der Waals surface area contributed by atoms with Gasteiger partial charge in [-0.05, 0) is 5.56 Å². The highest BCUT2D eigenvalue weighted by molar-refractivity contribution is 5.85. The van der Waals surface area contributed by atoms with Crippen molar-refractivity contribution >= 4 is 11.9 Å². The Kier molecular flexibility index (Phi) is 6.33. The summed E-state index contributed by atoms with van der Waals surface area (Å²) in [5, 5.41) is 21.1. The fourth-order valence-corrected chi connectivity index (χ4v) is 1.49. The van der Waals surface area contributed by atoms with Gasteiger partial charge >= 0.3 is 5.97 Å². The average Bonchev–Trinajstić information content (AvgIpc) is 2.50. The van der Waals surface area contributed by atoms with Crippen LogP contribution in [0.1, 0.15) is 19.4 Å². The summed E-state index contributed by atoms with van der Waals surface area (Å²) in [7, 11) is 0. The minimum Gasteiger partial charge on any atom is -0.460 e. The number of benzene rings is 1. The standard InChI is InChI=1S/C15H21NO5/c1-15(2,10-17)13(19)14(20)16-8-12(18)21-9-11-6-4-3-5-7-11/h3-7,13,17,19H,8-10H2,1-2H3,(H,16,20). The summed E-state index contributed by atoms with van der Waals surface area (Å²) in [5.41, 5.74) is -0.128. The van der Waals surface area contributed by atoms with Crippen molar-refractivity contribution in [2.75, 3.05) is 13.2 Å². The molecule has 1 unspecified atom stereocenters. The van der Waals surface area contributed by atoms with Gasteiger partial charge in [0.1, 0.15) is 19.3 Å². The van der Waals surface area contributed by atoms with E-state index >= 15 is 0 Å². The van der Waals surface area contributed by atoms with Gasteiger partial charge in [0.05, 0.1) is 6.61 Å². The number of aliphatic hydroxyl groups is 2. The van der Waals surface area contributed by atoms with Gasteiger partial charge in [-0.3, -0.25) is 9.59 Å². The third-order valence-corrected chi connectivity index (χ3v) is 3.05. The topological polar surface area (TPSA) is 95.9 Å². The average molecular weight is 295 g/mol. The fourth-order valence-electron chi connectivity index (χ4n) is 1.49. The number of nitrogens with one attached hydrogen (secondary N) is 1. The van der Waals surface area contributed by atoms with Crippen molar-refractivity contribution in [3.05, 3.63) is 35.9 Å². The molecule has 21 heavy (non-hydrogen) atoms. The molecular formula is C15H21NO5. The highest BCUT2D eigenvalue weighted by atomic mass is 16.5. The zero-order valence-electron chi connectivity index (χ0n) is 12.2. The molecule has 0 aliphatic carbocycles. The summed E-state index contributed by atoms with van der Waals surface area (Å²) in [6.07, 6.45) is -1.40. The first-order valence-electron chi connectivity index (χ1n) is 6.63. The third-order valence-electron chi connectivity index (χ3n) is 3.05. The Bertz CT molecular complexity index is 472. The van der Waals surface area contributed by atoms with Crippen LogP contribution in [0, 0.1) is 5.41 Å². The maximum atomic E-state index is 11.6. The van der Waals surface area contributed by atoms with Crippen LogP contribution in [0.2, 0.25) is 0 Å². The maximum absolute atomic E-state index is 11.6. The summed E-state index contributed by atoms with van der Waals surface area (Å²) < 4.78 is 4.99. The van der Waals surface area contributed by atoms with E-state index in [9.17, 15) is 14.7 Å². The van der Waals surface area contributed by atoms with Crippen molar-refractivity contribution in [3.8, 4) is 0 Å². The molecule has 6 nitrogen and oxygen atoms in total. The highest BCUT2D eigenvalue weighted by Crippen LogP contribution is 2.19. The molecule has 1 aromatic carbocycles. The maximum Gasteiger partial charge on any atom is 0.325 e. The van der Waals surface area contributed by atoms with E-state index in [4.69, 9.17) is 9.84 Å². The molecule has 0 bridgehead atoms. The number of aliphatic hydroxyl groups excluding tert-OH is 2. The van der Waals surface area contributed by atoms with E-state index in [0.717, 1.165) is 5.56 Å². The monoisotopic (exact) mass is 295 g/mol. The van der Waals surface area contributed by atoms with Crippen LogP contribution in [0.4, 0.5) is 0 Å². The van der Waals surface area contributed by atoms with E-state index in [1.807, 2.05) is 30.3 Å². The molecule has 0 saturated heterocycles. The number of ether oxygens (including phenoxy) is 1. The quantitative estimate of drug-likeness (QED) is 0.626. The van der Waals surface area contributed by atoms with Crippen LogP contribution in [-0.4, -0.2) is 41.3 Å². The van der Waals surface area contributed by atoms with Crippen LogP contribution in [0.25, 0.3) is 0 Å². The first kappa shape index (κ1) is 17.1. The molecule has 1 aromatic rings. The van der Waals surface area contributed by atoms with Crippen molar-refractivity contribution in [1.29, 1.82) is 0 Å². The Labute approximate surface area is 123 Å². The van der Waals surface area contributed by atoms with Gasteiger partial charge in [-0.15, -0.1) is 0 Å². The molecule has 1 amide bonds. The zero-order valence-corrected chi connectivity index (χ0v) is 12.2. The molecule has 1 rings (SSSR count). The molecule has 3 N–H and O–H groups in total. The Hall–Kier alpha value is -1.92. The first-order chi connectivity index (χ1) is 9.86. The Morgan fingerprint density at radius 1 is 1.29 bits per heavy atom. The molecule has 0 aliphatic rings. The van der Waals surface area contributed by atoms with E-state index in [1.165, 1.54) is 0 Å². The number of carbonyl (C=O) groups is 2. The summed E-state index contributed by atoms with van der Waals surface area (Å²) in [4.78, 5) is 23.1. The smallest absolute Gasteiger partial charge is 0.325 e. The van der Waals surface area contributed by atoms with Crippen molar-refractivity contribution in [2.45, 2.75) is 26.6 Å². The lowest BCUT2D eigenvalue weighted by atomic mass is 9.87. The summed E-state index contributed by atoms with van der Waals surface area (Å²) in [6, 6.07) is 9.16. The van der Waals surface area contributed by atoms with Crippen molar-refractivity contribution in [1.82, 2.24) is 5.32 Å². The SMILES string of the molecule is CC(C)(CO)C(O)C(=O)NCC(=O)OCc1ccccc1. The van der Waals surface area contributed by atoms with E-state index in [0.29, 0.717) is 0 Å². The lowest BCUT2D eigenvalue weighted by molar-refractivity contribution is -0.147. The van der Waals surface area contributed by atoms with Gasteiger partial charge in [-0.25, -0.2) is 0 Å². The van der Waals surface area contributed by atoms with Crippen LogP contribution < -0.4 is 5.32 Å². The molecule has 0 saturated carbocycles. The number of rotatable bonds is 7. The Morgan fingerprint density at radius 3 is 2.48 bits per heavy atom. The second kappa shape index (κ2) is 7.75. The van der Waals surface area contributed by atoms with E-state index in [-0.39, 0.29) is 19.8 Å². The van der Waals surface area contributed by atoms with Gasteiger partial charge in [0.25, 0.3) is 0 Å². The van der Waals surface area contributed by atoms with E-state index in [2.05, 4.69) is 5.32 Å². The molecule has 0 spiro atoms. The van der Waals surface area contributed by atoms with Crippen LogP contribution in [0.3, 0.4) is 0 Å². The molecule has 0 heterocycles. The second-order valence-corrected chi connectivity index (χ2v) is 5.41. The van der Waals surface area contributed by atoms with Gasteiger partial charge in [-0.2, -0.15) is 0 Å². The number of hydrogen-bond donors (Lipinski definition) is 3. The predicted octanol–water partition coefficient (Wildman–Crippen LogP) is 0.225. The molecule has 0 fully saturated rings. The largest absolute Gasteiger partial charge is 0.460 e. The summed E-state index contributed by atoms with van der Waals surface area (Å²) >= 11 is 0. The molecule has 116 valence electrons. The normalized spacial score (nSPS) is 12.6. The number of amides is 1. The number of esters is 1. The predicted molar refractivity (Wildman–Crippen MR) is 76.1 cm³/mol. The molecule has 0 aliphatic heterocycles. The van der Waals surface area contributed by atoms with Gasteiger partial charge in [0.2, 0.25) is 5.91 Å². The van der Waals surface area contributed by atoms with E-state index < -0.39 is 23.4 Å².